The summed E-state index contributed by atoms with van der Waals surface area (Å²) in [6, 6.07) is 12.1. The molecule has 3 nitrogen and oxygen atoms in total. The monoisotopic (exact) mass is 242 g/mol. The number of benzene rings is 1. The smallest absolute Gasteiger partial charge is 0.0934 e. The van der Waals surface area contributed by atoms with Gasteiger partial charge in [0.2, 0.25) is 0 Å². The molecule has 1 aliphatic rings. The van der Waals surface area contributed by atoms with Gasteiger partial charge in [-0.2, -0.15) is 5.26 Å². The van der Waals surface area contributed by atoms with Crippen LogP contribution in [0.15, 0.2) is 36.4 Å². The van der Waals surface area contributed by atoms with Gasteiger partial charge in [-0.25, -0.2) is 0 Å². The first kappa shape index (κ1) is 12.7. The molecule has 94 valence electrons. The Morgan fingerprint density at radius 3 is 2.89 bits per heavy atom. The van der Waals surface area contributed by atoms with Gasteiger partial charge < -0.3 is 10.0 Å². The van der Waals surface area contributed by atoms with Gasteiger partial charge in [-0.3, -0.25) is 0 Å². The van der Waals surface area contributed by atoms with Gasteiger partial charge in [0, 0.05) is 25.8 Å². The molecule has 1 fully saturated rings. The summed E-state index contributed by atoms with van der Waals surface area (Å²) in [4.78, 5) is 2.21. The number of likely N-dealkylation sites (tertiary alicyclic amines) is 1. The van der Waals surface area contributed by atoms with Gasteiger partial charge in [-0.15, -0.1) is 0 Å². The zero-order valence-corrected chi connectivity index (χ0v) is 10.4. The predicted octanol–water partition coefficient (Wildman–Crippen LogP) is 2.26. The normalized spacial score (nSPS) is 20.6. The first-order valence-corrected chi connectivity index (χ1v) is 6.36. The van der Waals surface area contributed by atoms with E-state index in [2.05, 4.69) is 11.0 Å². The molecule has 1 aromatic rings. The van der Waals surface area contributed by atoms with E-state index >= 15 is 0 Å². The maximum Gasteiger partial charge on any atom is 0.0934 e. The minimum atomic E-state index is 0.227. The van der Waals surface area contributed by atoms with Gasteiger partial charge in [0.05, 0.1) is 11.8 Å². The summed E-state index contributed by atoms with van der Waals surface area (Å²) in [5.41, 5.74) is 2.04. The third-order valence-electron chi connectivity index (χ3n) is 3.39. The van der Waals surface area contributed by atoms with Crippen LogP contribution in [-0.4, -0.2) is 29.7 Å². The summed E-state index contributed by atoms with van der Waals surface area (Å²) in [5, 5.41) is 18.2. The second-order valence-electron chi connectivity index (χ2n) is 4.66. The average Bonchev–Trinajstić information content (AvgIpc) is 2.46. The second-order valence-corrected chi connectivity index (χ2v) is 4.66. The molecule has 1 saturated heterocycles. The summed E-state index contributed by atoms with van der Waals surface area (Å²) >= 11 is 0. The number of rotatable bonds is 3. The van der Waals surface area contributed by atoms with Crippen molar-refractivity contribution in [1.82, 2.24) is 4.90 Å². The number of nitrogens with zero attached hydrogens (tertiary/aromatic N) is 2. The lowest BCUT2D eigenvalue weighted by molar-refractivity contribution is 0.156. The quantitative estimate of drug-likeness (QED) is 0.827. The molecular formula is C15H18N2O. The number of nitriles is 1. The fourth-order valence-corrected chi connectivity index (χ4v) is 2.46. The lowest BCUT2D eigenvalue weighted by Crippen LogP contribution is -2.35. The number of aliphatic hydroxyl groups is 1. The third-order valence-corrected chi connectivity index (χ3v) is 3.39. The molecule has 0 saturated carbocycles. The fourth-order valence-electron chi connectivity index (χ4n) is 2.46. The summed E-state index contributed by atoms with van der Waals surface area (Å²) in [6.07, 6.45) is 3.75. The lowest BCUT2D eigenvalue weighted by Gasteiger charge is -2.35. The Labute approximate surface area is 108 Å². The van der Waals surface area contributed by atoms with Crippen LogP contribution in [0.2, 0.25) is 0 Å². The highest BCUT2D eigenvalue weighted by molar-refractivity contribution is 5.66. The van der Waals surface area contributed by atoms with Crippen molar-refractivity contribution in [2.24, 2.45) is 5.92 Å². The van der Waals surface area contributed by atoms with Crippen LogP contribution in [0, 0.1) is 17.2 Å². The Hall–Kier alpha value is -1.79. The molecule has 1 unspecified atom stereocenters. The molecule has 0 spiro atoms. The van der Waals surface area contributed by atoms with Crippen molar-refractivity contribution in [1.29, 1.82) is 5.26 Å². The zero-order chi connectivity index (χ0) is 12.8. The molecule has 1 heterocycles. The van der Waals surface area contributed by atoms with Crippen molar-refractivity contribution in [2.45, 2.75) is 12.8 Å². The number of piperidine rings is 1. The number of aliphatic hydroxyl groups excluding tert-OH is 1. The van der Waals surface area contributed by atoms with Crippen LogP contribution in [0.25, 0.3) is 5.70 Å². The third kappa shape index (κ3) is 2.91. The highest BCUT2D eigenvalue weighted by atomic mass is 16.3. The van der Waals surface area contributed by atoms with Gasteiger partial charge in [0.25, 0.3) is 0 Å². The van der Waals surface area contributed by atoms with Crippen molar-refractivity contribution < 1.29 is 5.11 Å². The molecule has 1 atom stereocenters. The van der Waals surface area contributed by atoms with Crippen LogP contribution in [-0.2, 0) is 0 Å². The van der Waals surface area contributed by atoms with Crippen LogP contribution in [0.5, 0.6) is 0 Å². The van der Waals surface area contributed by atoms with E-state index in [4.69, 9.17) is 5.26 Å². The van der Waals surface area contributed by atoms with Gasteiger partial charge in [-0.05, 0) is 24.3 Å². The van der Waals surface area contributed by atoms with Gasteiger partial charge in [0.1, 0.15) is 0 Å². The highest BCUT2D eigenvalue weighted by Gasteiger charge is 2.21. The van der Waals surface area contributed by atoms with E-state index < -0.39 is 0 Å². The van der Waals surface area contributed by atoms with Crippen molar-refractivity contribution in [3.05, 3.63) is 42.0 Å². The Balaban J connectivity index is 2.22. The Morgan fingerprint density at radius 2 is 2.22 bits per heavy atom. The van der Waals surface area contributed by atoms with Crippen LogP contribution < -0.4 is 0 Å². The zero-order valence-electron chi connectivity index (χ0n) is 10.4. The van der Waals surface area contributed by atoms with E-state index in [1.54, 1.807) is 6.08 Å². The van der Waals surface area contributed by atoms with E-state index in [0.717, 1.165) is 37.2 Å². The van der Waals surface area contributed by atoms with Crippen LogP contribution in [0.1, 0.15) is 18.4 Å². The van der Waals surface area contributed by atoms with Gasteiger partial charge in [-0.1, -0.05) is 30.3 Å². The lowest BCUT2D eigenvalue weighted by atomic mass is 9.97. The fraction of sp³-hybridized carbons (Fsp3) is 0.400. The summed E-state index contributed by atoms with van der Waals surface area (Å²) in [6.45, 7) is 2.02. The average molecular weight is 242 g/mol. The van der Waals surface area contributed by atoms with Crippen molar-refractivity contribution in [3.8, 4) is 6.07 Å². The molecule has 18 heavy (non-hydrogen) atoms. The molecule has 2 rings (SSSR count). The van der Waals surface area contributed by atoms with Crippen molar-refractivity contribution >= 4 is 5.70 Å². The molecule has 0 aromatic heterocycles. The highest BCUT2D eigenvalue weighted by Crippen LogP contribution is 2.25. The predicted molar refractivity (Wildman–Crippen MR) is 71.4 cm³/mol. The largest absolute Gasteiger partial charge is 0.396 e. The molecule has 3 heteroatoms. The molecule has 0 radical (unpaired) electrons. The van der Waals surface area contributed by atoms with Gasteiger partial charge in [0.15, 0.2) is 0 Å². The van der Waals surface area contributed by atoms with E-state index in [9.17, 15) is 5.11 Å². The van der Waals surface area contributed by atoms with Crippen LogP contribution in [0.4, 0.5) is 0 Å². The molecule has 1 aliphatic heterocycles. The number of hydrogen-bond donors (Lipinski definition) is 1. The van der Waals surface area contributed by atoms with E-state index in [1.807, 2.05) is 30.3 Å². The maximum absolute atomic E-state index is 9.28. The Bertz CT molecular complexity index is 447. The van der Waals surface area contributed by atoms with Crippen LogP contribution in [0.3, 0.4) is 0 Å². The van der Waals surface area contributed by atoms with E-state index in [-0.39, 0.29) is 6.61 Å². The molecule has 0 aliphatic carbocycles. The SMILES string of the molecule is N#C/C=C(\c1ccccc1)N1CCCC(CO)C1. The standard InChI is InChI=1S/C15H18N2O/c16-9-8-15(14-6-2-1-3-7-14)17-10-4-5-13(11-17)12-18/h1-3,6-8,13,18H,4-5,10-12H2/b15-8+. The second kappa shape index (κ2) is 6.23. The number of hydrogen-bond acceptors (Lipinski definition) is 3. The number of allylic oxidation sites excluding steroid dienone is 1. The molecule has 1 N–H and O–H groups in total. The summed E-state index contributed by atoms with van der Waals surface area (Å²) < 4.78 is 0. The van der Waals surface area contributed by atoms with Crippen molar-refractivity contribution in [2.75, 3.05) is 19.7 Å². The van der Waals surface area contributed by atoms with E-state index in [0.29, 0.717) is 5.92 Å². The molecular weight excluding hydrogens is 224 g/mol. The summed E-state index contributed by atoms with van der Waals surface area (Å²) in [7, 11) is 0. The maximum atomic E-state index is 9.28. The Kier molecular flexibility index (Phi) is 4.38. The minimum absolute atomic E-state index is 0.227. The van der Waals surface area contributed by atoms with Gasteiger partial charge >= 0.3 is 0 Å². The van der Waals surface area contributed by atoms with E-state index in [1.165, 1.54) is 0 Å². The molecule has 1 aromatic carbocycles. The minimum Gasteiger partial charge on any atom is -0.396 e. The van der Waals surface area contributed by atoms with Crippen molar-refractivity contribution in [3.63, 3.8) is 0 Å². The van der Waals surface area contributed by atoms with Crippen LogP contribution >= 0.6 is 0 Å². The Morgan fingerprint density at radius 1 is 1.44 bits per heavy atom. The molecule has 0 bridgehead atoms. The topological polar surface area (TPSA) is 47.3 Å². The molecule has 0 amide bonds. The first-order valence-electron chi connectivity index (χ1n) is 6.36. The first-order chi connectivity index (χ1) is 8.85. The summed E-state index contributed by atoms with van der Waals surface area (Å²) in [5.74, 6) is 0.324.